The monoisotopic (exact) mass is 248 g/mol. The summed E-state index contributed by atoms with van der Waals surface area (Å²) in [5.74, 6) is 0. The van der Waals surface area contributed by atoms with Crippen LogP contribution in [0.15, 0.2) is 24.3 Å². The highest BCUT2D eigenvalue weighted by Crippen LogP contribution is 2.13. The Balaban J connectivity index is 1.70. The minimum atomic E-state index is 0.440. The molecule has 3 nitrogen and oxygen atoms in total. The number of rotatable bonds is 5. The Morgan fingerprint density at radius 1 is 1.28 bits per heavy atom. The van der Waals surface area contributed by atoms with Crippen LogP contribution in [0, 0.1) is 0 Å². The van der Waals surface area contributed by atoms with Gasteiger partial charge in [-0.25, -0.2) is 0 Å². The molecule has 1 aromatic carbocycles. The second-order valence-corrected chi connectivity index (χ2v) is 5.24. The zero-order chi connectivity index (χ0) is 12.8. The molecule has 2 N–H and O–H groups in total. The van der Waals surface area contributed by atoms with Gasteiger partial charge in [0.2, 0.25) is 0 Å². The van der Waals surface area contributed by atoms with Crippen molar-refractivity contribution in [3.8, 4) is 0 Å². The van der Waals surface area contributed by atoms with E-state index in [0.717, 1.165) is 31.8 Å². The van der Waals surface area contributed by atoms with Gasteiger partial charge in [0.1, 0.15) is 0 Å². The first-order valence-electron chi connectivity index (χ1n) is 6.88. The predicted molar refractivity (Wildman–Crippen MR) is 75.6 cm³/mol. The van der Waals surface area contributed by atoms with Crippen molar-refractivity contribution in [2.24, 2.45) is 0 Å². The van der Waals surface area contributed by atoms with Gasteiger partial charge >= 0.3 is 0 Å². The first kappa shape index (κ1) is 13.4. The van der Waals surface area contributed by atoms with Gasteiger partial charge in [-0.05, 0) is 50.4 Å². The lowest BCUT2D eigenvalue weighted by Crippen LogP contribution is -2.34. The van der Waals surface area contributed by atoms with Crippen molar-refractivity contribution < 1.29 is 4.74 Å². The Bertz CT molecular complexity index is 344. The Labute approximate surface area is 110 Å². The number of nitrogens with two attached hydrogens (primary N) is 1. The van der Waals surface area contributed by atoms with Gasteiger partial charge in [0.05, 0.1) is 6.10 Å². The molecule has 0 aromatic heterocycles. The Morgan fingerprint density at radius 2 is 2.06 bits per heavy atom. The number of ether oxygens (including phenoxy) is 1. The van der Waals surface area contributed by atoms with Crippen LogP contribution in [0.4, 0.5) is 5.69 Å². The maximum Gasteiger partial charge on any atom is 0.0701 e. The Morgan fingerprint density at radius 3 is 2.72 bits per heavy atom. The van der Waals surface area contributed by atoms with Crippen LogP contribution in [0.1, 0.15) is 24.8 Å². The Kier molecular flexibility index (Phi) is 5.02. The van der Waals surface area contributed by atoms with Gasteiger partial charge < -0.3 is 15.4 Å². The second-order valence-electron chi connectivity index (χ2n) is 5.24. The summed E-state index contributed by atoms with van der Waals surface area (Å²) in [5, 5.41) is 0. The van der Waals surface area contributed by atoms with Crippen molar-refractivity contribution in [1.29, 1.82) is 0 Å². The molecule has 0 bridgehead atoms. The van der Waals surface area contributed by atoms with E-state index in [1.165, 1.54) is 24.8 Å². The second kappa shape index (κ2) is 6.76. The smallest absolute Gasteiger partial charge is 0.0701 e. The predicted octanol–water partition coefficient (Wildman–Crippen LogP) is 2.31. The Hall–Kier alpha value is -1.06. The summed E-state index contributed by atoms with van der Waals surface area (Å²) in [4.78, 5) is 2.37. The molecule has 0 radical (unpaired) electrons. The lowest BCUT2D eigenvalue weighted by atomic mass is 10.1. The summed E-state index contributed by atoms with van der Waals surface area (Å²) < 4.78 is 5.76. The van der Waals surface area contributed by atoms with Crippen molar-refractivity contribution in [2.45, 2.75) is 31.8 Å². The molecule has 1 atom stereocenters. The van der Waals surface area contributed by atoms with Crippen LogP contribution in [0.2, 0.25) is 0 Å². The number of benzene rings is 1. The first-order chi connectivity index (χ1) is 8.74. The molecular weight excluding hydrogens is 224 g/mol. The summed E-state index contributed by atoms with van der Waals surface area (Å²) in [6, 6.07) is 8.17. The van der Waals surface area contributed by atoms with Crippen LogP contribution in [-0.2, 0) is 11.2 Å². The zero-order valence-corrected chi connectivity index (χ0v) is 11.3. The molecule has 1 aliphatic rings. The molecule has 1 heterocycles. The molecule has 2 rings (SSSR count). The summed E-state index contributed by atoms with van der Waals surface area (Å²) in [6.45, 7) is 3.06. The third-order valence-corrected chi connectivity index (χ3v) is 3.55. The molecule has 100 valence electrons. The minimum absolute atomic E-state index is 0.440. The summed E-state index contributed by atoms with van der Waals surface area (Å²) in [7, 11) is 2.18. The van der Waals surface area contributed by atoms with E-state index in [1.54, 1.807) is 0 Å². The van der Waals surface area contributed by atoms with Crippen LogP contribution in [0.3, 0.4) is 0 Å². The molecule has 1 aromatic rings. The van der Waals surface area contributed by atoms with Crippen molar-refractivity contribution in [3.05, 3.63) is 29.8 Å². The van der Waals surface area contributed by atoms with Crippen molar-refractivity contribution >= 4 is 5.69 Å². The summed E-state index contributed by atoms with van der Waals surface area (Å²) >= 11 is 0. The van der Waals surface area contributed by atoms with E-state index in [4.69, 9.17) is 10.5 Å². The van der Waals surface area contributed by atoms with Crippen LogP contribution in [0.5, 0.6) is 0 Å². The molecule has 1 saturated heterocycles. The fraction of sp³-hybridized carbons (Fsp3) is 0.600. The van der Waals surface area contributed by atoms with E-state index in [-0.39, 0.29) is 0 Å². The van der Waals surface area contributed by atoms with Crippen molar-refractivity contribution in [2.75, 3.05) is 32.5 Å². The third kappa shape index (κ3) is 4.31. The maximum absolute atomic E-state index is 5.76. The number of likely N-dealkylation sites (N-methyl/N-ethyl adjacent to an activating group) is 1. The number of hydrogen-bond acceptors (Lipinski definition) is 3. The highest BCUT2D eigenvalue weighted by atomic mass is 16.5. The maximum atomic E-state index is 5.76. The lowest BCUT2D eigenvalue weighted by molar-refractivity contribution is -0.00125. The zero-order valence-electron chi connectivity index (χ0n) is 11.3. The van der Waals surface area contributed by atoms with Crippen LogP contribution >= 0.6 is 0 Å². The number of hydrogen-bond donors (Lipinski definition) is 1. The normalized spacial score (nSPS) is 20.2. The quantitative estimate of drug-likeness (QED) is 0.813. The number of nitrogens with zero attached hydrogens (tertiary/aromatic N) is 1. The topological polar surface area (TPSA) is 38.5 Å². The standard InChI is InChI=1S/C15H24N2O/c1-17(12-15-4-2-3-11-18-15)10-9-13-5-7-14(16)8-6-13/h5-8,15H,2-4,9-12,16H2,1H3. The van der Waals surface area contributed by atoms with Crippen molar-refractivity contribution in [3.63, 3.8) is 0 Å². The highest BCUT2D eigenvalue weighted by Gasteiger charge is 2.15. The fourth-order valence-corrected chi connectivity index (χ4v) is 2.39. The summed E-state index contributed by atoms with van der Waals surface area (Å²) in [6.07, 6.45) is 5.27. The van der Waals surface area contributed by atoms with Crippen LogP contribution in [-0.4, -0.2) is 37.7 Å². The van der Waals surface area contributed by atoms with Gasteiger partial charge in [0.15, 0.2) is 0 Å². The highest BCUT2D eigenvalue weighted by molar-refractivity contribution is 5.39. The van der Waals surface area contributed by atoms with E-state index in [0.29, 0.717) is 6.10 Å². The number of anilines is 1. The molecule has 3 heteroatoms. The van der Waals surface area contributed by atoms with Gasteiger partial charge in [-0.2, -0.15) is 0 Å². The molecule has 0 aliphatic carbocycles. The molecule has 0 amide bonds. The van der Waals surface area contributed by atoms with Gasteiger partial charge in [0, 0.05) is 25.4 Å². The van der Waals surface area contributed by atoms with E-state index in [9.17, 15) is 0 Å². The summed E-state index contributed by atoms with van der Waals surface area (Å²) in [5.41, 5.74) is 7.86. The molecule has 0 spiro atoms. The van der Waals surface area contributed by atoms with E-state index in [2.05, 4.69) is 24.1 Å². The molecule has 1 unspecified atom stereocenters. The molecule has 0 saturated carbocycles. The van der Waals surface area contributed by atoms with Gasteiger partial charge in [-0.3, -0.25) is 0 Å². The molecular formula is C15H24N2O. The van der Waals surface area contributed by atoms with Crippen molar-refractivity contribution in [1.82, 2.24) is 4.90 Å². The van der Waals surface area contributed by atoms with Gasteiger partial charge in [-0.15, -0.1) is 0 Å². The van der Waals surface area contributed by atoms with E-state index in [1.807, 2.05) is 12.1 Å². The first-order valence-corrected chi connectivity index (χ1v) is 6.88. The van der Waals surface area contributed by atoms with Crippen LogP contribution < -0.4 is 5.73 Å². The molecule has 18 heavy (non-hydrogen) atoms. The average molecular weight is 248 g/mol. The third-order valence-electron chi connectivity index (χ3n) is 3.55. The average Bonchev–Trinajstić information content (AvgIpc) is 2.39. The van der Waals surface area contributed by atoms with Gasteiger partial charge in [-0.1, -0.05) is 12.1 Å². The number of nitrogen functional groups attached to an aromatic ring is 1. The fourth-order valence-electron chi connectivity index (χ4n) is 2.39. The minimum Gasteiger partial charge on any atom is -0.399 e. The molecule has 1 aliphatic heterocycles. The molecule has 1 fully saturated rings. The lowest BCUT2D eigenvalue weighted by Gasteiger charge is -2.27. The van der Waals surface area contributed by atoms with Crippen LogP contribution in [0.25, 0.3) is 0 Å². The largest absolute Gasteiger partial charge is 0.399 e. The van der Waals surface area contributed by atoms with Gasteiger partial charge in [0.25, 0.3) is 0 Å². The van der Waals surface area contributed by atoms with E-state index < -0.39 is 0 Å². The van der Waals surface area contributed by atoms with E-state index >= 15 is 0 Å². The SMILES string of the molecule is CN(CCc1ccc(N)cc1)CC1CCCCO1.